The summed E-state index contributed by atoms with van der Waals surface area (Å²) in [7, 11) is 2.00. The molecule has 1 aromatic heterocycles. The summed E-state index contributed by atoms with van der Waals surface area (Å²) in [6, 6.07) is 6.89. The van der Waals surface area contributed by atoms with Crippen molar-refractivity contribution in [2.24, 2.45) is 0 Å². The minimum atomic E-state index is 0.289. The molecule has 0 bridgehead atoms. The summed E-state index contributed by atoms with van der Waals surface area (Å²) in [5.74, 6) is 0. The Labute approximate surface area is 137 Å². The highest BCUT2D eigenvalue weighted by Gasteiger charge is 2.13. The molecule has 106 valence electrons. The molecule has 0 fully saturated rings. The molecule has 0 aliphatic carbocycles. The molecule has 0 radical (unpaired) electrons. The van der Waals surface area contributed by atoms with Crippen LogP contribution in [0, 0.1) is 13.8 Å². The molecule has 4 heteroatoms. The molecule has 1 aromatic carbocycles. The molecule has 2 aromatic rings. The van der Waals surface area contributed by atoms with Gasteiger partial charge in [-0.05, 0) is 71.6 Å². The summed E-state index contributed by atoms with van der Waals surface area (Å²) in [4.78, 5) is 4.23. The number of hydrogen-bond acceptors (Lipinski definition) is 2. The number of aromatic nitrogens is 1. The van der Waals surface area contributed by atoms with E-state index in [0.29, 0.717) is 0 Å². The van der Waals surface area contributed by atoms with Gasteiger partial charge in [0.25, 0.3) is 0 Å². The van der Waals surface area contributed by atoms with Gasteiger partial charge in [0, 0.05) is 27.4 Å². The Hall–Kier alpha value is -0.710. The van der Waals surface area contributed by atoms with Crippen LogP contribution in [0.5, 0.6) is 0 Å². The van der Waals surface area contributed by atoms with Gasteiger partial charge in [0.15, 0.2) is 0 Å². The number of likely N-dealkylation sites (N-methyl/N-ethyl adjacent to an activating group) is 1. The predicted octanol–water partition coefficient (Wildman–Crippen LogP) is 4.73. The maximum Gasteiger partial charge on any atom is 0.0410 e. The molecule has 20 heavy (non-hydrogen) atoms. The number of hydrogen-bond donors (Lipinski definition) is 1. The summed E-state index contributed by atoms with van der Waals surface area (Å²) in [5, 5.41) is 3.40. The molecular formula is C16H18Br2N2. The van der Waals surface area contributed by atoms with Crippen LogP contribution in [0.1, 0.15) is 28.3 Å². The van der Waals surface area contributed by atoms with Crippen molar-refractivity contribution in [3.05, 3.63) is 61.8 Å². The van der Waals surface area contributed by atoms with Crippen molar-refractivity contribution in [1.29, 1.82) is 0 Å². The Morgan fingerprint density at radius 1 is 1.10 bits per heavy atom. The second-order valence-electron chi connectivity index (χ2n) is 5.03. The van der Waals surface area contributed by atoms with E-state index in [1.54, 1.807) is 0 Å². The average molecular weight is 398 g/mol. The molecule has 1 N–H and O–H groups in total. The van der Waals surface area contributed by atoms with E-state index in [9.17, 15) is 0 Å². The molecule has 2 rings (SSSR count). The lowest BCUT2D eigenvalue weighted by molar-refractivity contribution is 0.590. The molecule has 1 atom stereocenters. The summed E-state index contributed by atoms with van der Waals surface area (Å²) in [6.45, 7) is 4.27. The summed E-state index contributed by atoms with van der Waals surface area (Å²) < 4.78 is 2.22. The van der Waals surface area contributed by atoms with Gasteiger partial charge in [0.05, 0.1) is 0 Å². The number of nitrogens with zero attached hydrogens (tertiary/aromatic N) is 1. The maximum absolute atomic E-state index is 4.23. The maximum atomic E-state index is 4.23. The minimum absolute atomic E-state index is 0.289. The van der Waals surface area contributed by atoms with E-state index in [4.69, 9.17) is 0 Å². The number of benzene rings is 1. The van der Waals surface area contributed by atoms with Gasteiger partial charge in [-0.2, -0.15) is 0 Å². The molecule has 0 saturated carbocycles. The van der Waals surface area contributed by atoms with E-state index in [-0.39, 0.29) is 6.04 Å². The van der Waals surface area contributed by atoms with Crippen LogP contribution < -0.4 is 5.32 Å². The monoisotopic (exact) mass is 396 g/mol. The number of halogens is 2. The lowest BCUT2D eigenvalue weighted by atomic mass is 9.97. The number of rotatable bonds is 4. The SMILES string of the molecule is CNC(Cc1cncc(Br)c1)c1cc(C)c(Br)c(C)c1. The number of pyridine rings is 1. The summed E-state index contributed by atoms with van der Waals surface area (Å²) in [5.41, 5.74) is 5.07. The zero-order valence-electron chi connectivity index (χ0n) is 11.9. The van der Waals surface area contributed by atoms with Gasteiger partial charge < -0.3 is 5.32 Å². The van der Waals surface area contributed by atoms with Crippen molar-refractivity contribution >= 4 is 31.9 Å². The topological polar surface area (TPSA) is 24.9 Å². The van der Waals surface area contributed by atoms with Gasteiger partial charge in [0.1, 0.15) is 0 Å². The van der Waals surface area contributed by atoms with Crippen molar-refractivity contribution in [3.63, 3.8) is 0 Å². The quantitative estimate of drug-likeness (QED) is 0.806. The molecule has 2 nitrogen and oxygen atoms in total. The molecule has 0 amide bonds. The molecule has 0 aliphatic heterocycles. The van der Waals surface area contributed by atoms with Crippen LogP contribution in [0.2, 0.25) is 0 Å². The molecular weight excluding hydrogens is 380 g/mol. The van der Waals surface area contributed by atoms with Crippen LogP contribution in [0.3, 0.4) is 0 Å². The van der Waals surface area contributed by atoms with Crippen molar-refractivity contribution in [1.82, 2.24) is 10.3 Å². The van der Waals surface area contributed by atoms with Gasteiger partial charge in [0.2, 0.25) is 0 Å². The summed E-state index contributed by atoms with van der Waals surface area (Å²) in [6.07, 6.45) is 4.66. The molecule has 1 unspecified atom stereocenters. The van der Waals surface area contributed by atoms with Crippen molar-refractivity contribution in [2.75, 3.05) is 7.05 Å². The number of aryl methyl sites for hydroxylation is 2. The second kappa shape index (κ2) is 6.83. The Balaban J connectivity index is 2.29. The smallest absolute Gasteiger partial charge is 0.0410 e. The molecule has 0 aliphatic rings. The van der Waals surface area contributed by atoms with Crippen molar-refractivity contribution < 1.29 is 0 Å². The standard InChI is InChI=1S/C16H18Br2N2/c1-10-4-13(5-11(2)16(10)18)15(19-3)7-12-6-14(17)9-20-8-12/h4-6,8-9,15,19H,7H2,1-3H3. The van der Waals surface area contributed by atoms with Crippen LogP contribution in [-0.2, 0) is 6.42 Å². The van der Waals surface area contributed by atoms with Crippen LogP contribution in [-0.4, -0.2) is 12.0 Å². The fourth-order valence-corrected chi connectivity index (χ4v) is 3.01. The fourth-order valence-electron chi connectivity index (χ4n) is 2.37. The van der Waals surface area contributed by atoms with Gasteiger partial charge in [-0.15, -0.1) is 0 Å². The Morgan fingerprint density at radius 2 is 1.75 bits per heavy atom. The second-order valence-corrected chi connectivity index (χ2v) is 6.73. The first-order valence-electron chi connectivity index (χ1n) is 6.54. The van der Waals surface area contributed by atoms with Gasteiger partial charge in [-0.1, -0.05) is 28.1 Å². The van der Waals surface area contributed by atoms with E-state index in [0.717, 1.165) is 10.9 Å². The summed E-state index contributed by atoms with van der Waals surface area (Å²) >= 11 is 7.10. The Kier molecular flexibility index (Phi) is 5.35. The zero-order valence-corrected chi connectivity index (χ0v) is 15.0. The normalized spacial score (nSPS) is 12.4. The minimum Gasteiger partial charge on any atom is -0.313 e. The van der Waals surface area contributed by atoms with Gasteiger partial charge in [-0.25, -0.2) is 0 Å². The largest absolute Gasteiger partial charge is 0.313 e. The highest BCUT2D eigenvalue weighted by molar-refractivity contribution is 9.10. The highest BCUT2D eigenvalue weighted by atomic mass is 79.9. The van der Waals surface area contributed by atoms with E-state index in [1.165, 1.54) is 26.7 Å². The van der Waals surface area contributed by atoms with Crippen LogP contribution in [0.4, 0.5) is 0 Å². The van der Waals surface area contributed by atoms with Crippen molar-refractivity contribution in [2.45, 2.75) is 26.3 Å². The first-order chi connectivity index (χ1) is 9.51. The molecule has 0 saturated heterocycles. The van der Waals surface area contributed by atoms with Gasteiger partial charge >= 0.3 is 0 Å². The van der Waals surface area contributed by atoms with E-state index >= 15 is 0 Å². The fraction of sp³-hybridized carbons (Fsp3) is 0.312. The molecule has 1 heterocycles. The third-order valence-corrected chi connectivity index (χ3v) is 5.10. The highest BCUT2D eigenvalue weighted by Crippen LogP contribution is 2.27. The average Bonchev–Trinajstić information content (AvgIpc) is 2.41. The third-order valence-electron chi connectivity index (χ3n) is 3.41. The van der Waals surface area contributed by atoms with E-state index in [2.05, 4.69) is 74.2 Å². The van der Waals surface area contributed by atoms with E-state index < -0.39 is 0 Å². The van der Waals surface area contributed by atoms with Crippen LogP contribution >= 0.6 is 31.9 Å². The Morgan fingerprint density at radius 3 is 2.30 bits per heavy atom. The molecule has 0 spiro atoms. The van der Waals surface area contributed by atoms with Gasteiger partial charge in [-0.3, -0.25) is 4.98 Å². The van der Waals surface area contributed by atoms with Crippen LogP contribution in [0.25, 0.3) is 0 Å². The zero-order chi connectivity index (χ0) is 14.7. The lowest BCUT2D eigenvalue weighted by Crippen LogP contribution is -2.19. The lowest BCUT2D eigenvalue weighted by Gasteiger charge is -2.19. The first kappa shape index (κ1) is 15.7. The third kappa shape index (κ3) is 3.68. The first-order valence-corrected chi connectivity index (χ1v) is 8.13. The van der Waals surface area contributed by atoms with E-state index in [1.807, 2.05) is 19.4 Å². The van der Waals surface area contributed by atoms with Crippen LogP contribution in [0.15, 0.2) is 39.5 Å². The number of nitrogens with one attached hydrogen (secondary N) is 1. The predicted molar refractivity (Wildman–Crippen MR) is 91.1 cm³/mol. The van der Waals surface area contributed by atoms with Crippen molar-refractivity contribution in [3.8, 4) is 0 Å². The Bertz CT molecular complexity index is 588.